The summed E-state index contributed by atoms with van der Waals surface area (Å²) in [6, 6.07) is 1.17. The van der Waals surface area contributed by atoms with Gasteiger partial charge in [0.2, 0.25) is 0 Å². The Bertz CT molecular complexity index is 79.0. The zero-order valence-corrected chi connectivity index (χ0v) is 16.3. The van der Waals surface area contributed by atoms with Crippen molar-refractivity contribution in [1.82, 2.24) is 0 Å². The molecule has 0 aromatic carbocycles. The fraction of sp³-hybridized carbons (Fsp3) is 1.00. The topological polar surface area (TPSA) is 18.5 Å². The van der Waals surface area contributed by atoms with Gasteiger partial charge in [-0.1, -0.05) is 0 Å². The van der Waals surface area contributed by atoms with Crippen molar-refractivity contribution in [3.8, 4) is 0 Å². The van der Waals surface area contributed by atoms with Gasteiger partial charge in [0.05, 0.1) is 0 Å². The van der Waals surface area contributed by atoms with Crippen LogP contribution in [0.2, 0.25) is 12.6 Å². The van der Waals surface area contributed by atoms with Crippen molar-refractivity contribution in [3.05, 3.63) is 0 Å². The van der Waals surface area contributed by atoms with Crippen molar-refractivity contribution in [2.75, 3.05) is 0 Å². The molecule has 1 atom stereocenters. The molecule has 0 rings (SSSR count). The molecule has 0 aliphatic heterocycles. The van der Waals surface area contributed by atoms with Crippen LogP contribution in [0.15, 0.2) is 0 Å². The Hall–Kier alpha value is 1.81. The first kappa shape index (κ1) is 10.8. The number of hydrogen-bond acceptors (Lipinski definition) is 2. The molecule has 1 unspecified atom stereocenters. The predicted octanol–water partition coefficient (Wildman–Crippen LogP) is -0.135. The molecular weight excluding hydrogens is 342 g/mol. The average molecular weight is 355 g/mol. The van der Waals surface area contributed by atoms with Gasteiger partial charge in [-0.25, -0.2) is 0 Å². The standard InChI is InChI=1S/C4H10O2Si.In.Sn.3H/c1-3-4-7(2,5)6;;;;;/h3-4H2,1-2H3;;;;;/q-2;2*+1;;;. The van der Waals surface area contributed by atoms with Crippen molar-refractivity contribution in [2.45, 2.75) is 25.9 Å². The van der Waals surface area contributed by atoms with E-state index in [-0.39, 0.29) is 0 Å². The van der Waals surface area contributed by atoms with E-state index < -0.39 is 8.56 Å². The maximum absolute atomic E-state index is 5.49. The average Bonchev–Trinajstić information content (AvgIpc) is 1.89. The van der Waals surface area contributed by atoms with Crippen molar-refractivity contribution in [3.63, 3.8) is 0 Å². The van der Waals surface area contributed by atoms with Gasteiger partial charge in [-0.15, -0.1) is 0 Å². The Morgan fingerprint density at radius 1 is 1.67 bits per heavy atom. The van der Waals surface area contributed by atoms with E-state index in [1.165, 1.54) is 12.5 Å². The van der Waals surface area contributed by atoms with Crippen LogP contribution in [0.1, 0.15) is 13.3 Å². The van der Waals surface area contributed by atoms with Crippen molar-refractivity contribution in [1.29, 1.82) is 0 Å². The van der Waals surface area contributed by atoms with Crippen LogP contribution in [0, 0.1) is 0 Å². The van der Waals surface area contributed by atoms with Crippen LogP contribution in [0.25, 0.3) is 0 Å². The van der Waals surface area contributed by atoms with Gasteiger partial charge < -0.3 is 0 Å². The molecule has 9 heavy (non-hydrogen) atoms. The second kappa shape index (κ2) is 5.46. The Morgan fingerprint density at radius 3 is 2.33 bits per heavy atom. The van der Waals surface area contributed by atoms with Crippen LogP contribution >= 0.6 is 0 Å². The van der Waals surface area contributed by atoms with Crippen LogP contribution in [-0.4, -0.2) is 56.3 Å². The summed E-state index contributed by atoms with van der Waals surface area (Å²) in [4.78, 5) is 0. The van der Waals surface area contributed by atoms with E-state index in [2.05, 4.69) is 13.5 Å². The van der Waals surface area contributed by atoms with E-state index in [9.17, 15) is 0 Å². The molecule has 0 saturated carbocycles. The molecule has 0 aliphatic rings. The zero-order valence-electron chi connectivity index (χ0n) is 6.31. The summed E-state index contributed by atoms with van der Waals surface area (Å²) in [5.41, 5.74) is 0. The Morgan fingerprint density at radius 2 is 2.22 bits per heavy atom. The molecule has 2 nitrogen and oxygen atoms in total. The molecule has 0 fully saturated rings. The molecule has 2 radical (unpaired) electrons. The molecule has 0 N–H and O–H groups in total. The summed E-state index contributed by atoms with van der Waals surface area (Å²) in [7, 11) is -1.55. The fourth-order valence-corrected chi connectivity index (χ4v) is 11.1. The van der Waals surface area contributed by atoms with Crippen LogP contribution in [0.3, 0.4) is 0 Å². The first-order valence-corrected chi connectivity index (χ1v) is 9.31. The second-order valence-electron chi connectivity index (χ2n) is 2.21. The number of rotatable bonds is 4. The normalized spacial score (nSPS) is 17.2. The van der Waals surface area contributed by atoms with E-state index in [4.69, 9.17) is 5.31 Å². The molecule has 0 aromatic rings. The van der Waals surface area contributed by atoms with Crippen molar-refractivity contribution < 1.29 is 5.31 Å². The van der Waals surface area contributed by atoms with Gasteiger partial charge in [0.1, 0.15) is 0 Å². The molecule has 0 aliphatic carbocycles. The molecule has 0 amide bonds. The molecule has 5 heteroatoms. The minimum atomic E-state index is -1.55. The van der Waals surface area contributed by atoms with Crippen molar-refractivity contribution >= 4 is 56.3 Å². The Kier molecular flexibility index (Phi) is 6.55. The van der Waals surface area contributed by atoms with Crippen LogP contribution in [0.4, 0.5) is 0 Å². The third-order valence-corrected chi connectivity index (χ3v) is 15.8. The maximum atomic E-state index is 5.49. The molecule has 52 valence electrons. The number of hydrogen-bond donors (Lipinski definition) is 0. The van der Waals surface area contributed by atoms with E-state index in [0.717, 1.165) is 22.9 Å². The van der Waals surface area contributed by atoms with Gasteiger partial charge in [0.25, 0.3) is 0 Å². The summed E-state index contributed by atoms with van der Waals surface area (Å²) < 4.78 is 10.9. The van der Waals surface area contributed by atoms with Crippen molar-refractivity contribution in [2.24, 2.45) is 0 Å². The second-order valence-corrected chi connectivity index (χ2v) is 11.1. The Balaban J connectivity index is 3.62. The molecule has 0 saturated heterocycles. The summed E-state index contributed by atoms with van der Waals surface area (Å²) in [5, 5.41) is 0. The summed E-state index contributed by atoms with van der Waals surface area (Å²) in [5.74, 6) is 0. The third kappa shape index (κ3) is 4.29. The summed E-state index contributed by atoms with van der Waals surface area (Å²) >= 11 is 1.26. The molecular formula is C4H13InO2SiSn. The monoisotopic (exact) mass is 356 g/mol. The van der Waals surface area contributed by atoms with E-state index in [0.29, 0.717) is 24.8 Å². The van der Waals surface area contributed by atoms with Gasteiger partial charge in [-0.05, 0) is 0 Å². The SMILES string of the molecule is CCC[Si](C)([O][InH2])[O][SnH]. The first-order valence-electron chi connectivity index (χ1n) is 3.11. The van der Waals surface area contributed by atoms with E-state index in [1.807, 2.05) is 0 Å². The minimum absolute atomic E-state index is 0.357. The summed E-state index contributed by atoms with van der Waals surface area (Å²) in [6.45, 7) is 4.34. The molecule has 0 heterocycles. The Labute approximate surface area is 86.8 Å². The van der Waals surface area contributed by atoms with Gasteiger partial charge in [0.15, 0.2) is 0 Å². The van der Waals surface area contributed by atoms with Crippen LogP contribution < -0.4 is 0 Å². The quantitative estimate of drug-likeness (QED) is 0.655. The van der Waals surface area contributed by atoms with Gasteiger partial charge >= 0.3 is 87.6 Å². The van der Waals surface area contributed by atoms with Gasteiger partial charge in [-0.3, -0.25) is 0 Å². The fourth-order valence-electron chi connectivity index (χ4n) is 0.663. The van der Waals surface area contributed by atoms with E-state index >= 15 is 0 Å². The van der Waals surface area contributed by atoms with Gasteiger partial charge in [-0.2, -0.15) is 0 Å². The van der Waals surface area contributed by atoms with Gasteiger partial charge in [0, 0.05) is 0 Å². The molecule has 0 aromatic heterocycles. The predicted molar refractivity (Wildman–Crippen MR) is 44.6 cm³/mol. The zero-order chi connectivity index (χ0) is 7.33. The summed E-state index contributed by atoms with van der Waals surface area (Å²) in [6.07, 6.45) is 1.20. The van der Waals surface area contributed by atoms with Crippen LogP contribution in [0.5, 0.6) is 0 Å². The van der Waals surface area contributed by atoms with E-state index in [1.54, 1.807) is 0 Å². The molecule has 0 spiro atoms. The van der Waals surface area contributed by atoms with Crippen LogP contribution in [-0.2, 0) is 5.31 Å². The third-order valence-electron chi connectivity index (χ3n) is 1.39. The first-order chi connectivity index (χ1) is 4.18. The molecule has 0 bridgehead atoms.